The second kappa shape index (κ2) is 9.69. The molecular formula is C24H14Cl3N3O6. The highest BCUT2D eigenvalue weighted by Crippen LogP contribution is 2.34. The minimum Gasteiger partial charge on any atom is -0.292 e. The average molecular weight is 547 g/mol. The van der Waals surface area contributed by atoms with Gasteiger partial charge < -0.3 is 0 Å². The summed E-state index contributed by atoms with van der Waals surface area (Å²) in [5.41, 5.74) is -1.28. The third-order valence-electron chi connectivity index (χ3n) is 5.53. The molecule has 0 bridgehead atoms. The van der Waals surface area contributed by atoms with E-state index in [-0.39, 0.29) is 26.7 Å². The summed E-state index contributed by atoms with van der Waals surface area (Å²) in [5.74, 6) is -3.67. The van der Waals surface area contributed by atoms with Crippen LogP contribution in [0.3, 0.4) is 0 Å². The topological polar surface area (TPSA) is 118 Å². The van der Waals surface area contributed by atoms with Crippen molar-refractivity contribution in [2.45, 2.75) is 13.0 Å². The quantitative estimate of drug-likeness (QED) is 0.175. The van der Waals surface area contributed by atoms with Crippen LogP contribution in [0.2, 0.25) is 15.1 Å². The molecule has 36 heavy (non-hydrogen) atoms. The Hall–Kier alpha value is -3.79. The predicted molar refractivity (Wildman–Crippen MR) is 131 cm³/mol. The van der Waals surface area contributed by atoms with E-state index in [1.165, 1.54) is 61.5 Å². The number of fused-ring (bicyclic) bond motifs is 1. The number of carbonyl (C=O) groups excluding carboxylic acids is 4. The Kier molecular flexibility index (Phi) is 6.81. The van der Waals surface area contributed by atoms with Gasteiger partial charge in [-0.1, -0.05) is 40.9 Å². The molecule has 0 aromatic heterocycles. The second-order valence-corrected chi connectivity index (χ2v) is 8.96. The van der Waals surface area contributed by atoms with Gasteiger partial charge in [-0.3, -0.25) is 29.3 Å². The maximum atomic E-state index is 13.7. The molecule has 0 fully saturated rings. The van der Waals surface area contributed by atoms with Crippen LogP contribution in [0.15, 0.2) is 60.7 Å². The Bertz CT molecular complexity index is 1460. The molecule has 0 radical (unpaired) electrons. The lowest BCUT2D eigenvalue weighted by Crippen LogP contribution is -2.56. The molecule has 0 saturated carbocycles. The summed E-state index contributed by atoms with van der Waals surface area (Å²) in [6.45, 7) is 1.32. The van der Waals surface area contributed by atoms with E-state index in [4.69, 9.17) is 34.8 Å². The first-order valence-electron chi connectivity index (χ1n) is 10.3. The van der Waals surface area contributed by atoms with Crippen LogP contribution in [0.5, 0.6) is 0 Å². The van der Waals surface area contributed by atoms with Crippen molar-refractivity contribution in [3.63, 3.8) is 0 Å². The standard InChI is InChI=1S/C24H14Cl3N3O6/c1-12(21(31)13-5-8-15(25)9-6-13)28(22(32)14-7-10-17(26)18(27)11-14)29-23(33)16-3-2-4-19(30(35)36)20(16)24(29)34/h2-12H,1H3/t12-/m1/s1. The zero-order valence-corrected chi connectivity index (χ0v) is 20.5. The number of hydrogen-bond acceptors (Lipinski definition) is 6. The van der Waals surface area contributed by atoms with Crippen LogP contribution < -0.4 is 0 Å². The van der Waals surface area contributed by atoms with Gasteiger partial charge in [-0.2, -0.15) is 5.01 Å². The van der Waals surface area contributed by atoms with E-state index >= 15 is 0 Å². The number of ketones is 1. The molecule has 0 aliphatic carbocycles. The third-order valence-corrected chi connectivity index (χ3v) is 6.52. The van der Waals surface area contributed by atoms with Gasteiger partial charge in [0, 0.05) is 22.2 Å². The fourth-order valence-electron chi connectivity index (χ4n) is 3.77. The number of hydrazine groups is 1. The summed E-state index contributed by atoms with van der Waals surface area (Å²) in [4.78, 5) is 64.4. The highest BCUT2D eigenvalue weighted by atomic mass is 35.5. The minimum absolute atomic E-state index is 0.0251. The monoisotopic (exact) mass is 545 g/mol. The number of Topliss-reactive ketones (excluding diaryl/α,β-unsaturated/α-hetero) is 1. The summed E-state index contributed by atoms with van der Waals surface area (Å²) in [6.07, 6.45) is 0. The molecule has 1 heterocycles. The number of benzene rings is 3. The summed E-state index contributed by atoms with van der Waals surface area (Å²) in [5, 5.41) is 13.2. The van der Waals surface area contributed by atoms with Crippen LogP contribution in [0.4, 0.5) is 5.69 Å². The number of halogens is 3. The van der Waals surface area contributed by atoms with Gasteiger partial charge in [-0.15, -0.1) is 0 Å². The molecule has 1 atom stereocenters. The highest BCUT2D eigenvalue weighted by molar-refractivity contribution is 6.42. The lowest BCUT2D eigenvalue weighted by molar-refractivity contribution is -0.385. The number of hydrogen-bond donors (Lipinski definition) is 0. The number of rotatable bonds is 6. The maximum Gasteiger partial charge on any atom is 0.287 e. The lowest BCUT2D eigenvalue weighted by Gasteiger charge is -2.34. The van der Waals surface area contributed by atoms with E-state index in [9.17, 15) is 29.3 Å². The molecule has 0 N–H and O–H groups in total. The lowest BCUT2D eigenvalue weighted by atomic mass is 10.0. The van der Waals surface area contributed by atoms with Gasteiger partial charge in [-0.05, 0) is 55.5 Å². The molecule has 3 aromatic rings. The highest BCUT2D eigenvalue weighted by Gasteiger charge is 2.48. The molecular weight excluding hydrogens is 533 g/mol. The molecule has 4 rings (SSSR count). The van der Waals surface area contributed by atoms with Crippen molar-refractivity contribution in [3.8, 4) is 0 Å². The van der Waals surface area contributed by atoms with E-state index in [0.29, 0.717) is 15.0 Å². The third kappa shape index (κ3) is 4.32. The van der Waals surface area contributed by atoms with Crippen molar-refractivity contribution in [2.24, 2.45) is 0 Å². The predicted octanol–water partition coefficient (Wildman–Crippen LogP) is 5.48. The first-order chi connectivity index (χ1) is 17.0. The summed E-state index contributed by atoms with van der Waals surface area (Å²) in [6, 6.07) is 11.8. The Labute approximate surface area is 218 Å². The molecule has 1 aliphatic rings. The van der Waals surface area contributed by atoms with Crippen LogP contribution in [0, 0.1) is 10.1 Å². The number of carbonyl (C=O) groups is 4. The van der Waals surface area contributed by atoms with Crippen LogP contribution >= 0.6 is 34.8 Å². The number of nitro benzene ring substituents is 1. The normalized spacial score (nSPS) is 13.4. The van der Waals surface area contributed by atoms with Crippen LogP contribution in [0.25, 0.3) is 0 Å². The summed E-state index contributed by atoms with van der Waals surface area (Å²) in [7, 11) is 0. The molecule has 12 heteroatoms. The van der Waals surface area contributed by atoms with Crippen molar-refractivity contribution in [1.29, 1.82) is 0 Å². The van der Waals surface area contributed by atoms with Crippen LogP contribution in [-0.2, 0) is 0 Å². The average Bonchev–Trinajstić information content (AvgIpc) is 3.11. The van der Waals surface area contributed by atoms with Gasteiger partial charge in [-0.25, -0.2) is 5.01 Å². The Morgan fingerprint density at radius 2 is 1.56 bits per heavy atom. The minimum atomic E-state index is -1.39. The van der Waals surface area contributed by atoms with Gasteiger partial charge in [0.1, 0.15) is 11.6 Å². The Balaban J connectivity index is 1.85. The molecule has 182 valence electrons. The molecule has 0 unspecified atom stereocenters. The van der Waals surface area contributed by atoms with Gasteiger partial charge in [0.05, 0.1) is 20.5 Å². The molecule has 0 spiro atoms. The van der Waals surface area contributed by atoms with E-state index in [0.717, 1.165) is 6.07 Å². The summed E-state index contributed by atoms with van der Waals surface area (Å²) >= 11 is 17.9. The fraction of sp³-hybridized carbons (Fsp3) is 0.0833. The van der Waals surface area contributed by atoms with Crippen LogP contribution in [-0.4, -0.2) is 44.5 Å². The first kappa shape index (κ1) is 25.3. The summed E-state index contributed by atoms with van der Waals surface area (Å²) < 4.78 is 0. The van der Waals surface area contributed by atoms with Gasteiger partial charge in [0.15, 0.2) is 5.78 Å². The van der Waals surface area contributed by atoms with E-state index < -0.39 is 45.7 Å². The Morgan fingerprint density at radius 3 is 2.17 bits per heavy atom. The molecule has 0 saturated heterocycles. The van der Waals surface area contributed by atoms with Crippen molar-refractivity contribution < 1.29 is 24.1 Å². The molecule has 3 amide bonds. The van der Waals surface area contributed by atoms with Crippen molar-refractivity contribution in [3.05, 3.63) is 108 Å². The molecule has 1 aliphatic heterocycles. The maximum absolute atomic E-state index is 13.7. The Morgan fingerprint density at radius 1 is 0.917 bits per heavy atom. The zero-order valence-electron chi connectivity index (χ0n) is 18.3. The van der Waals surface area contributed by atoms with Crippen LogP contribution in [0.1, 0.15) is 48.4 Å². The SMILES string of the molecule is C[C@H](C(=O)c1ccc(Cl)cc1)N(C(=O)c1ccc(Cl)c(Cl)c1)N1C(=O)c2cccc([N+](=O)[O-])c2C1=O. The number of amides is 3. The first-order valence-corrected chi connectivity index (χ1v) is 11.4. The molecule has 3 aromatic carbocycles. The van der Waals surface area contributed by atoms with Gasteiger partial charge >= 0.3 is 0 Å². The largest absolute Gasteiger partial charge is 0.292 e. The van der Waals surface area contributed by atoms with Gasteiger partial charge in [0.25, 0.3) is 23.4 Å². The fourth-order valence-corrected chi connectivity index (χ4v) is 4.20. The zero-order chi connectivity index (χ0) is 26.3. The molecule has 9 nitrogen and oxygen atoms in total. The van der Waals surface area contributed by atoms with Gasteiger partial charge in [0.2, 0.25) is 0 Å². The van der Waals surface area contributed by atoms with Crippen molar-refractivity contribution in [2.75, 3.05) is 0 Å². The van der Waals surface area contributed by atoms with Crippen molar-refractivity contribution in [1.82, 2.24) is 10.0 Å². The van der Waals surface area contributed by atoms with E-state index in [1.54, 1.807) is 0 Å². The number of imide groups is 1. The smallest absolute Gasteiger partial charge is 0.287 e. The van der Waals surface area contributed by atoms with E-state index in [2.05, 4.69) is 0 Å². The van der Waals surface area contributed by atoms with Crippen molar-refractivity contribution >= 4 is 64.0 Å². The number of nitro groups is 1. The second-order valence-electron chi connectivity index (χ2n) is 7.70. The number of nitrogens with zero attached hydrogens (tertiary/aromatic N) is 3. The van der Waals surface area contributed by atoms with E-state index in [1.807, 2.05) is 0 Å².